The van der Waals surface area contributed by atoms with E-state index in [-0.39, 0.29) is 0 Å². The van der Waals surface area contributed by atoms with Gasteiger partial charge in [0.1, 0.15) is 54.9 Å². The fourth-order valence-corrected chi connectivity index (χ4v) is 9.76. The zero-order valence-corrected chi connectivity index (χ0v) is 33.8. The van der Waals surface area contributed by atoms with Gasteiger partial charge in [0.05, 0.1) is 16.7 Å². The number of para-hydroxylation sites is 2. The molecule has 8 aromatic carbocycles. The van der Waals surface area contributed by atoms with E-state index in [0.717, 1.165) is 0 Å². The summed E-state index contributed by atoms with van der Waals surface area (Å²) in [5.41, 5.74) is 24.3. The minimum Gasteiger partial charge on any atom is -0.310 e. The van der Waals surface area contributed by atoms with E-state index >= 15 is 0 Å². The maximum atomic E-state index is 2.60. The molecule has 0 spiro atoms. The molecule has 262 valence electrons. The Morgan fingerprint density at radius 1 is 0.333 bits per heavy atom. The summed E-state index contributed by atoms with van der Waals surface area (Å²) in [7, 11) is 16.3. The SMILES string of the molecule is Bc1c(B)c(B)c2c(c1B)c1c(B)c(-c3ccc4c(c3)c3ccc(-c5ccccc5)cc3n4-c3ccccc3)c(B)c(B)c1n2-c1ccccc1-c1ccccc1. The lowest BCUT2D eigenvalue weighted by atomic mass is 9.64. The van der Waals surface area contributed by atoms with Crippen molar-refractivity contribution in [3.8, 4) is 44.8 Å². The number of fused-ring (bicyclic) bond motifs is 6. The van der Waals surface area contributed by atoms with E-state index in [1.807, 2.05) is 0 Å². The van der Waals surface area contributed by atoms with E-state index in [1.54, 1.807) is 0 Å². The van der Waals surface area contributed by atoms with Gasteiger partial charge in [-0.25, -0.2) is 0 Å². The molecule has 0 fully saturated rings. The van der Waals surface area contributed by atoms with Crippen molar-refractivity contribution >= 4 is 137 Å². The van der Waals surface area contributed by atoms with Crippen LogP contribution < -0.4 is 38.2 Å². The molecule has 9 heteroatoms. The first-order valence-corrected chi connectivity index (χ1v) is 20.1. The Balaban J connectivity index is 1.29. The maximum Gasteiger partial charge on any atom is 0.141 e. The Hall–Kier alpha value is -6.19. The number of nitrogens with zero attached hydrogens (tertiary/aromatic N) is 2. The van der Waals surface area contributed by atoms with Crippen LogP contribution >= 0.6 is 0 Å². The normalized spacial score (nSPS) is 11.6. The summed E-state index contributed by atoms with van der Waals surface area (Å²) in [5.74, 6) is 0. The lowest BCUT2D eigenvalue weighted by Gasteiger charge is -2.20. The lowest BCUT2D eigenvalue weighted by molar-refractivity contribution is 1.18. The Labute approximate surface area is 340 Å². The van der Waals surface area contributed by atoms with E-state index in [4.69, 9.17) is 0 Å². The van der Waals surface area contributed by atoms with Crippen LogP contribution in [0.25, 0.3) is 88.4 Å². The lowest BCUT2D eigenvalue weighted by Crippen LogP contribution is -2.48. The second-order valence-electron chi connectivity index (χ2n) is 15.9. The highest BCUT2D eigenvalue weighted by molar-refractivity contribution is 6.69. The molecule has 0 amide bonds. The summed E-state index contributed by atoms with van der Waals surface area (Å²) >= 11 is 0. The molecule has 0 aliphatic heterocycles. The number of benzene rings is 8. The van der Waals surface area contributed by atoms with Crippen LogP contribution in [-0.2, 0) is 0 Å². The minimum atomic E-state index is 1.17. The van der Waals surface area contributed by atoms with E-state index in [9.17, 15) is 0 Å². The molecule has 10 aromatic rings. The Kier molecular flexibility index (Phi) is 8.34. The molecule has 0 N–H and O–H groups in total. The van der Waals surface area contributed by atoms with Gasteiger partial charge in [0.25, 0.3) is 0 Å². The molecular formula is C48H39B7N2. The van der Waals surface area contributed by atoms with Gasteiger partial charge in [0, 0.05) is 38.4 Å². The molecule has 2 aromatic heterocycles. The zero-order valence-electron chi connectivity index (χ0n) is 33.8. The highest BCUT2D eigenvalue weighted by Gasteiger charge is 2.26. The van der Waals surface area contributed by atoms with Crippen molar-refractivity contribution in [3.05, 3.63) is 152 Å². The molecule has 10 rings (SSSR count). The van der Waals surface area contributed by atoms with Crippen LogP contribution in [-0.4, -0.2) is 64.1 Å². The highest BCUT2D eigenvalue weighted by atomic mass is 15.0. The van der Waals surface area contributed by atoms with Crippen molar-refractivity contribution in [3.63, 3.8) is 0 Å². The van der Waals surface area contributed by atoms with E-state index in [1.165, 1.54) is 127 Å². The standard InChI is InChI=1S/C48H39B7N2/c49-40-37(29-21-23-35-33(24-29)32-22-20-28(26-12-4-1-5-13-26)25-36(32)56(35)30-16-8-3-9-17-30)41(50)45(54)47-38(40)39-42(51)43(52)44(53)46(55)48(39)57(47)34-19-11-10-18-31(34)27-14-6-2-7-15-27/h1-25H,49-55H2. The molecule has 0 aliphatic carbocycles. The fourth-order valence-electron chi connectivity index (χ4n) is 9.76. The molecule has 0 aliphatic rings. The van der Waals surface area contributed by atoms with Gasteiger partial charge in [-0.1, -0.05) is 148 Å². The third-order valence-corrected chi connectivity index (χ3v) is 13.0. The average molecular weight is 720 g/mol. The molecule has 0 saturated carbocycles. The minimum absolute atomic E-state index is 1.17. The number of hydrogen-bond donors (Lipinski definition) is 0. The van der Waals surface area contributed by atoms with Crippen LogP contribution in [0.3, 0.4) is 0 Å². The van der Waals surface area contributed by atoms with Crippen molar-refractivity contribution in [1.82, 2.24) is 9.13 Å². The quantitative estimate of drug-likeness (QED) is 0.232. The van der Waals surface area contributed by atoms with Crippen molar-refractivity contribution in [1.29, 1.82) is 0 Å². The van der Waals surface area contributed by atoms with Crippen LogP contribution in [0.4, 0.5) is 0 Å². The van der Waals surface area contributed by atoms with Crippen LogP contribution in [0.2, 0.25) is 0 Å². The van der Waals surface area contributed by atoms with Crippen LogP contribution in [0.1, 0.15) is 0 Å². The Bertz CT molecular complexity index is 3240. The van der Waals surface area contributed by atoms with Gasteiger partial charge < -0.3 is 9.13 Å². The summed E-state index contributed by atoms with van der Waals surface area (Å²) in [4.78, 5) is 0. The van der Waals surface area contributed by atoms with E-state index < -0.39 is 0 Å². The molecule has 2 nitrogen and oxygen atoms in total. The van der Waals surface area contributed by atoms with Crippen LogP contribution in [0, 0.1) is 0 Å². The summed E-state index contributed by atoms with van der Waals surface area (Å²) in [5, 5.41) is 5.25. The predicted octanol–water partition coefficient (Wildman–Crippen LogP) is 0.691. The topological polar surface area (TPSA) is 9.86 Å². The third kappa shape index (κ3) is 5.28. The first-order valence-electron chi connectivity index (χ1n) is 20.1. The predicted molar refractivity (Wildman–Crippen MR) is 269 cm³/mol. The average Bonchev–Trinajstić information content (AvgIpc) is 3.79. The van der Waals surface area contributed by atoms with Crippen LogP contribution in [0.15, 0.2) is 152 Å². The summed E-state index contributed by atoms with van der Waals surface area (Å²) in [6.07, 6.45) is 0. The highest BCUT2D eigenvalue weighted by Crippen LogP contribution is 2.38. The number of hydrogen-bond acceptors (Lipinski definition) is 0. The number of rotatable bonds is 5. The molecular weight excluding hydrogens is 680 g/mol. The molecule has 0 unspecified atom stereocenters. The molecule has 0 saturated heterocycles. The Morgan fingerprint density at radius 2 is 0.895 bits per heavy atom. The monoisotopic (exact) mass is 720 g/mol. The van der Waals surface area contributed by atoms with Gasteiger partial charge in [-0.15, -0.1) is 5.46 Å². The summed E-state index contributed by atoms with van der Waals surface area (Å²) in [6, 6.07) is 55.4. The molecule has 0 radical (unpaired) electrons. The van der Waals surface area contributed by atoms with Gasteiger partial charge >= 0.3 is 0 Å². The molecule has 0 atom stereocenters. The van der Waals surface area contributed by atoms with Crippen molar-refractivity contribution in [2.75, 3.05) is 0 Å². The van der Waals surface area contributed by atoms with Gasteiger partial charge in [0.2, 0.25) is 0 Å². The second kappa shape index (κ2) is 13.5. The molecule has 57 heavy (non-hydrogen) atoms. The Morgan fingerprint density at radius 3 is 1.60 bits per heavy atom. The summed E-state index contributed by atoms with van der Waals surface area (Å²) < 4.78 is 5.03. The van der Waals surface area contributed by atoms with Crippen molar-refractivity contribution in [2.24, 2.45) is 0 Å². The molecule has 0 bridgehead atoms. The third-order valence-electron chi connectivity index (χ3n) is 13.0. The zero-order chi connectivity index (χ0) is 39.1. The van der Waals surface area contributed by atoms with Crippen molar-refractivity contribution < 1.29 is 0 Å². The fraction of sp³-hybridized carbons (Fsp3) is 0. The summed E-state index contributed by atoms with van der Waals surface area (Å²) in [6.45, 7) is 0. The van der Waals surface area contributed by atoms with E-state index in [2.05, 4.69) is 216 Å². The van der Waals surface area contributed by atoms with Gasteiger partial charge in [-0.05, 0) is 69.6 Å². The number of aromatic nitrogens is 2. The maximum absolute atomic E-state index is 2.60. The van der Waals surface area contributed by atoms with E-state index in [0.29, 0.717) is 0 Å². The van der Waals surface area contributed by atoms with Crippen molar-refractivity contribution in [2.45, 2.75) is 0 Å². The first-order chi connectivity index (χ1) is 27.7. The van der Waals surface area contributed by atoms with Gasteiger partial charge in [-0.3, -0.25) is 0 Å². The first kappa shape index (κ1) is 35.2. The van der Waals surface area contributed by atoms with Gasteiger partial charge in [0.15, 0.2) is 0 Å². The molecule has 2 heterocycles. The second-order valence-corrected chi connectivity index (χ2v) is 15.9. The smallest absolute Gasteiger partial charge is 0.141 e. The largest absolute Gasteiger partial charge is 0.310 e. The van der Waals surface area contributed by atoms with Gasteiger partial charge in [-0.2, -0.15) is 0 Å². The van der Waals surface area contributed by atoms with Crippen LogP contribution in [0.5, 0.6) is 0 Å².